The number of carbonyl (C=O) groups is 2. The smallest absolute Gasteiger partial charge is 0.318 e. The standard InChI is InChI=1S/C14H11F2N3O2/c15-9-4-3-5-10(8-9)17-13(20)14(21)19-18-12-7-2-1-6-11(12)16/h1-8,18H,(H,17,20)(H,19,21). The minimum absolute atomic E-state index is 0.0180. The summed E-state index contributed by atoms with van der Waals surface area (Å²) < 4.78 is 26.2. The van der Waals surface area contributed by atoms with Crippen LogP contribution in [-0.4, -0.2) is 11.8 Å². The van der Waals surface area contributed by atoms with Crippen molar-refractivity contribution in [3.63, 3.8) is 0 Å². The number of amides is 2. The number of nitrogens with one attached hydrogen (secondary N) is 3. The first-order chi connectivity index (χ1) is 10.1. The van der Waals surface area contributed by atoms with E-state index in [0.29, 0.717) is 0 Å². The van der Waals surface area contributed by atoms with E-state index >= 15 is 0 Å². The van der Waals surface area contributed by atoms with E-state index in [4.69, 9.17) is 0 Å². The lowest BCUT2D eigenvalue weighted by Crippen LogP contribution is -2.39. The second kappa shape index (κ2) is 6.47. The molecule has 0 aliphatic carbocycles. The zero-order valence-corrected chi connectivity index (χ0v) is 10.7. The summed E-state index contributed by atoms with van der Waals surface area (Å²) in [5, 5.41) is 2.21. The third-order valence-corrected chi connectivity index (χ3v) is 2.47. The SMILES string of the molecule is O=C(NNc1ccccc1F)C(=O)Nc1cccc(F)c1. The average molecular weight is 291 g/mol. The van der Waals surface area contributed by atoms with Crippen molar-refractivity contribution in [3.05, 3.63) is 60.2 Å². The molecule has 7 heteroatoms. The highest BCUT2D eigenvalue weighted by atomic mass is 19.1. The minimum Gasteiger partial charge on any atom is -0.318 e. The molecule has 2 aromatic carbocycles. The predicted molar refractivity (Wildman–Crippen MR) is 73.2 cm³/mol. The van der Waals surface area contributed by atoms with Gasteiger partial charge < -0.3 is 5.32 Å². The van der Waals surface area contributed by atoms with Gasteiger partial charge in [-0.2, -0.15) is 0 Å². The van der Waals surface area contributed by atoms with Crippen LogP contribution in [-0.2, 0) is 9.59 Å². The van der Waals surface area contributed by atoms with E-state index in [0.717, 1.165) is 6.07 Å². The van der Waals surface area contributed by atoms with Crippen molar-refractivity contribution in [2.24, 2.45) is 0 Å². The number of benzene rings is 2. The molecule has 0 fully saturated rings. The first kappa shape index (κ1) is 14.4. The minimum atomic E-state index is -1.04. The monoisotopic (exact) mass is 291 g/mol. The van der Waals surface area contributed by atoms with Gasteiger partial charge in [0, 0.05) is 5.69 Å². The van der Waals surface area contributed by atoms with Crippen LogP contribution in [0.2, 0.25) is 0 Å². The Balaban J connectivity index is 1.91. The van der Waals surface area contributed by atoms with Crippen molar-refractivity contribution >= 4 is 23.2 Å². The van der Waals surface area contributed by atoms with Gasteiger partial charge in [-0.1, -0.05) is 18.2 Å². The summed E-state index contributed by atoms with van der Waals surface area (Å²) >= 11 is 0. The van der Waals surface area contributed by atoms with E-state index in [1.54, 1.807) is 6.07 Å². The Morgan fingerprint density at radius 3 is 2.38 bits per heavy atom. The lowest BCUT2D eigenvalue weighted by atomic mass is 10.3. The molecule has 0 saturated heterocycles. The van der Waals surface area contributed by atoms with Crippen molar-refractivity contribution in [3.8, 4) is 0 Å². The van der Waals surface area contributed by atoms with Gasteiger partial charge in [-0.15, -0.1) is 0 Å². The van der Waals surface area contributed by atoms with Crippen LogP contribution >= 0.6 is 0 Å². The van der Waals surface area contributed by atoms with Crippen LogP contribution < -0.4 is 16.2 Å². The van der Waals surface area contributed by atoms with Crippen LogP contribution in [0.3, 0.4) is 0 Å². The lowest BCUT2D eigenvalue weighted by Gasteiger charge is -2.09. The van der Waals surface area contributed by atoms with Crippen LogP contribution in [0.5, 0.6) is 0 Å². The number of hydrazine groups is 1. The van der Waals surface area contributed by atoms with E-state index in [9.17, 15) is 18.4 Å². The highest BCUT2D eigenvalue weighted by Crippen LogP contribution is 2.11. The predicted octanol–water partition coefficient (Wildman–Crippen LogP) is 2.05. The van der Waals surface area contributed by atoms with Gasteiger partial charge in [0.15, 0.2) is 0 Å². The number of halogens is 2. The molecule has 108 valence electrons. The molecule has 0 heterocycles. The zero-order chi connectivity index (χ0) is 15.2. The maximum atomic E-state index is 13.3. The van der Waals surface area contributed by atoms with Crippen LogP contribution in [0.4, 0.5) is 20.2 Å². The van der Waals surface area contributed by atoms with Gasteiger partial charge in [-0.3, -0.25) is 20.4 Å². The van der Waals surface area contributed by atoms with Crippen LogP contribution in [0.1, 0.15) is 0 Å². The summed E-state index contributed by atoms with van der Waals surface area (Å²) in [6.07, 6.45) is 0. The number of rotatable bonds is 3. The molecule has 2 rings (SSSR count). The summed E-state index contributed by atoms with van der Waals surface area (Å²) in [5.74, 6) is -3.17. The molecule has 0 radical (unpaired) electrons. The van der Waals surface area contributed by atoms with E-state index in [1.165, 1.54) is 36.4 Å². The highest BCUT2D eigenvalue weighted by Gasteiger charge is 2.14. The molecule has 0 spiro atoms. The largest absolute Gasteiger partial charge is 0.327 e. The van der Waals surface area contributed by atoms with E-state index in [1.807, 2.05) is 5.43 Å². The Hall–Kier alpha value is -2.96. The second-order valence-corrected chi connectivity index (χ2v) is 4.02. The molecule has 3 N–H and O–H groups in total. The molecule has 2 aromatic rings. The third-order valence-electron chi connectivity index (χ3n) is 2.47. The Labute approximate surface area is 118 Å². The Morgan fingerprint density at radius 2 is 1.67 bits per heavy atom. The summed E-state index contributed by atoms with van der Waals surface area (Å²) in [4.78, 5) is 23.1. The molecular weight excluding hydrogens is 280 g/mol. The number of carbonyl (C=O) groups excluding carboxylic acids is 2. The van der Waals surface area contributed by atoms with E-state index in [2.05, 4.69) is 10.7 Å². The van der Waals surface area contributed by atoms with Crippen molar-refractivity contribution < 1.29 is 18.4 Å². The summed E-state index contributed by atoms with van der Waals surface area (Å²) in [6, 6.07) is 10.7. The number of para-hydroxylation sites is 1. The fourth-order valence-electron chi connectivity index (χ4n) is 1.50. The third kappa shape index (κ3) is 4.00. The van der Waals surface area contributed by atoms with Gasteiger partial charge in [-0.25, -0.2) is 8.78 Å². The molecular formula is C14H11F2N3O2. The van der Waals surface area contributed by atoms with Crippen LogP contribution in [0.25, 0.3) is 0 Å². The normalized spacial score (nSPS) is 9.81. The van der Waals surface area contributed by atoms with E-state index in [-0.39, 0.29) is 11.4 Å². The van der Waals surface area contributed by atoms with Crippen molar-refractivity contribution in [2.45, 2.75) is 0 Å². The fraction of sp³-hybridized carbons (Fsp3) is 0. The molecule has 0 bridgehead atoms. The Bertz CT molecular complexity index is 677. The van der Waals surface area contributed by atoms with Crippen molar-refractivity contribution in [1.29, 1.82) is 0 Å². The van der Waals surface area contributed by atoms with Gasteiger partial charge in [0.1, 0.15) is 11.6 Å². The molecule has 0 unspecified atom stereocenters. The van der Waals surface area contributed by atoms with Crippen LogP contribution in [0.15, 0.2) is 48.5 Å². The molecule has 2 amide bonds. The Kier molecular flexibility index (Phi) is 4.45. The van der Waals surface area contributed by atoms with Gasteiger partial charge in [0.05, 0.1) is 5.69 Å². The second-order valence-electron chi connectivity index (χ2n) is 4.02. The average Bonchev–Trinajstić information content (AvgIpc) is 2.46. The molecule has 5 nitrogen and oxygen atoms in total. The molecule has 0 aromatic heterocycles. The first-order valence-electron chi connectivity index (χ1n) is 5.93. The topological polar surface area (TPSA) is 70.2 Å². The summed E-state index contributed by atoms with van der Waals surface area (Å²) in [6.45, 7) is 0. The molecule has 21 heavy (non-hydrogen) atoms. The fourth-order valence-corrected chi connectivity index (χ4v) is 1.50. The van der Waals surface area contributed by atoms with Crippen molar-refractivity contribution in [2.75, 3.05) is 10.7 Å². The maximum Gasteiger partial charge on any atom is 0.327 e. The lowest BCUT2D eigenvalue weighted by molar-refractivity contribution is -0.135. The number of hydrogen-bond donors (Lipinski definition) is 3. The maximum absolute atomic E-state index is 13.3. The quantitative estimate of drug-likeness (QED) is 0.599. The highest BCUT2D eigenvalue weighted by molar-refractivity contribution is 6.39. The molecule has 0 atom stereocenters. The van der Waals surface area contributed by atoms with Crippen LogP contribution in [0, 0.1) is 11.6 Å². The van der Waals surface area contributed by atoms with Gasteiger partial charge in [0.2, 0.25) is 0 Å². The van der Waals surface area contributed by atoms with Gasteiger partial charge in [0.25, 0.3) is 0 Å². The van der Waals surface area contributed by atoms with E-state index < -0.39 is 23.4 Å². The zero-order valence-electron chi connectivity index (χ0n) is 10.7. The van der Waals surface area contributed by atoms with Gasteiger partial charge >= 0.3 is 11.8 Å². The summed E-state index contributed by atoms with van der Waals surface area (Å²) in [5.41, 5.74) is 4.48. The molecule has 0 aliphatic heterocycles. The number of hydrogen-bond acceptors (Lipinski definition) is 3. The summed E-state index contributed by atoms with van der Waals surface area (Å²) in [7, 11) is 0. The number of anilines is 2. The van der Waals surface area contributed by atoms with Crippen molar-refractivity contribution in [1.82, 2.24) is 5.43 Å². The first-order valence-corrected chi connectivity index (χ1v) is 5.93. The Morgan fingerprint density at radius 1 is 0.905 bits per heavy atom. The molecule has 0 aliphatic rings. The van der Waals surface area contributed by atoms with Gasteiger partial charge in [-0.05, 0) is 30.3 Å². The molecule has 0 saturated carbocycles.